The van der Waals surface area contributed by atoms with E-state index in [1.165, 1.54) is 0 Å². The molecule has 0 aliphatic carbocycles. The molecule has 1 atom stereocenters. The van der Waals surface area contributed by atoms with Crippen LogP contribution in [-0.2, 0) is 16.1 Å². The molecule has 1 rings (SSSR count). The Morgan fingerprint density at radius 3 is 2.54 bits per heavy atom. The number of hydrogen-bond donors (Lipinski definition) is 1. The van der Waals surface area contributed by atoms with Gasteiger partial charge in [0.1, 0.15) is 4.64 Å². The molecular formula is C18H30N2O3S. The summed E-state index contributed by atoms with van der Waals surface area (Å²) in [6, 6.07) is 1.71. The lowest BCUT2D eigenvalue weighted by Crippen LogP contribution is -2.25. The van der Waals surface area contributed by atoms with Crippen LogP contribution < -0.4 is 5.69 Å². The van der Waals surface area contributed by atoms with Gasteiger partial charge >= 0.3 is 11.7 Å². The van der Waals surface area contributed by atoms with Gasteiger partial charge in [-0.2, -0.15) is 0 Å². The summed E-state index contributed by atoms with van der Waals surface area (Å²) in [6.07, 6.45) is 5.17. The molecule has 1 N–H and O–H groups in total. The fourth-order valence-corrected chi connectivity index (χ4v) is 2.76. The number of nitrogens with zero attached hydrogens (tertiary/aromatic N) is 1. The maximum atomic E-state index is 12.2. The molecular weight excluding hydrogens is 324 g/mol. The van der Waals surface area contributed by atoms with Crippen LogP contribution >= 0.6 is 12.2 Å². The Morgan fingerprint density at radius 1 is 1.25 bits per heavy atom. The Kier molecular flexibility index (Phi) is 8.97. The summed E-state index contributed by atoms with van der Waals surface area (Å²) in [6.45, 7) is 9.47. The third kappa shape index (κ3) is 7.43. The van der Waals surface area contributed by atoms with Crippen molar-refractivity contribution in [2.45, 2.75) is 59.9 Å². The van der Waals surface area contributed by atoms with E-state index in [1.807, 2.05) is 0 Å². The number of aryl methyl sites for hydroxylation is 1. The number of hydrogen-bond acceptors (Lipinski definition) is 4. The van der Waals surface area contributed by atoms with Crippen LogP contribution in [0.3, 0.4) is 0 Å². The Morgan fingerprint density at radius 2 is 1.96 bits per heavy atom. The first-order valence-electron chi connectivity index (χ1n) is 8.77. The first-order chi connectivity index (χ1) is 11.3. The Labute approximate surface area is 149 Å². The average molecular weight is 355 g/mol. The van der Waals surface area contributed by atoms with Crippen molar-refractivity contribution in [3.8, 4) is 0 Å². The van der Waals surface area contributed by atoms with Gasteiger partial charge in [0, 0.05) is 12.7 Å². The highest BCUT2D eigenvalue weighted by atomic mass is 32.1. The van der Waals surface area contributed by atoms with Gasteiger partial charge in [-0.3, -0.25) is 9.78 Å². The molecule has 5 nitrogen and oxygen atoms in total. The molecule has 1 heterocycles. The van der Waals surface area contributed by atoms with Gasteiger partial charge in [0.05, 0.1) is 12.5 Å². The molecule has 0 aromatic carbocycles. The summed E-state index contributed by atoms with van der Waals surface area (Å²) >= 11 is 4.90. The van der Waals surface area contributed by atoms with Crippen molar-refractivity contribution in [2.75, 3.05) is 6.61 Å². The number of aromatic amines is 1. The number of ether oxygens (including phenoxy) is 1. The Balaban J connectivity index is 2.26. The van der Waals surface area contributed by atoms with Gasteiger partial charge in [0.25, 0.3) is 0 Å². The zero-order chi connectivity index (χ0) is 18.1. The summed E-state index contributed by atoms with van der Waals surface area (Å²) in [7, 11) is 0. The SMILES string of the molecule is CC(C)CC(C(=O)OCCCCCn1ccc(=S)[nH]c1=O)C(C)C. The fraction of sp³-hybridized carbons (Fsp3) is 0.722. The standard InChI is InChI=1S/C18H30N2O3S/c1-13(2)12-15(14(3)4)17(21)23-11-7-5-6-9-20-10-8-16(24)19-18(20)22/h8,10,13-15H,5-7,9,11-12H2,1-4H3,(H,19,22,24). The number of rotatable bonds is 10. The van der Waals surface area contributed by atoms with Gasteiger partial charge in [0.2, 0.25) is 0 Å². The highest BCUT2D eigenvalue weighted by molar-refractivity contribution is 7.71. The lowest BCUT2D eigenvalue weighted by molar-refractivity contribution is -0.151. The largest absolute Gasteiger partial charge is 0.465 e. The number of carbonyl (C=O) groups is 1. The number of esters is 1. The molecule has 0 saturated heterocycles. The van der Waals surface area contributed by atoms with Crippen molar-refractivity contribution in [2.24, 2.45) is 17.8 Å². The van der Waals surface area contributed by atoms with Crippen LogP contribution in [0.15, 0.2) is 17.1 Å². The van der Waals surface area contributed by atoms with Crippen molar-refractivity contribution in [1.29, 1.82) is 0 Å². The molecule has 0 aliphatic rings. The van der Waals surface area contributed by atoms with E-state index in [1.54, 1.807) is 16.8 Å². The minimum Gasteiger partial charge on any atom is -0.465 e. The van der Waals surface area contributed by atoms with Crippen LogP contribution in [0.1, 0.15) is 53.4 Å². The number of unbranched alkanes of at least 4 members (excludes halogenated alkanes) is 2. The third-order valence-corrected chi connectivity index (χ3v) is 4.26. The minimum absolute atomic E-state index is 0.0176. The topological polar surface area (TPSA) is 64.1 Å². The molecule has 0 radical (unpaired) electrons. The highest BCUT2D eigenvalue weighted by Crippen LogP contribution is 2.21. The van der Waals surface area contributed by atoms with Gasteiger partial charge in [0.15, 0.2) is 0 Å². The van der Waals surface area contributed by atoms with Gasteiger partial charge < -0.3 is 9.30 Å². The zero-order valence-corrected chi connectivity index (χ0v) is 16.0. The minimum atomic E-state index is -0.178. The predicted octanol–water partition coefficient (Wildman–Crippen LogP) is 3.94. The molecule has 0 spiro atoms. The van der Waals surface area contributed by atoms with E-state index in [-0.39, 0.29) is 17.6 Å². The molecule has 6 heteroatoms. The molecule has 1 aromatic heterocycles. The van der Waals surface area contributed by atoms with Crippen molar-refractivity contribution < 1.29 is 9.53 Å². The number of H-pyrrole nitrogens is 1. The lowest BCUT2D eigenvalue weighted by Gasteiger charge is -2.21. The molecule has 1 unspecified atom stereocenters. The van der Waals surface area contributed by atoms with Crippen LogP contribution in [0, 0.1) is 22.4 Å². The Hall–Kier alpha value is -1.43. The van der Waals surface area contributed by atoms with Gasteiger partial charge in [-0.15, -0.1) is 0 Å². The Bertz CT molecular complexity index is 619. The van der Waals surface area contributed by atoms with Gasteiger partial charge in [-0.05, 0) is 43.6 Å². The first-order valence-corrected chi connectivity index (χ1v) is 9.18. The molecule has 0 bridgehead atoms. The maximum absolute atomic E-state index is 12.2. The number of carbonyl (C=O) groups excluding carboxylic acids is 1. The molecule has 0 amide bonds. The predicted molar refractivity (Wildman–Crippen MR) is 98.5 cm³/mol. The van der Waals surface area contributed by atoms with E-state index in [2.05, 4.69) is 32.7 Å². The molecule has 1 aromatic rings. The quantitative estimate of drug-likeness (QED) is 0.393. The van der Waals surface area contributed by atoms with Crippen LogP contribution in [-0.4, -0.2) is 22.1 Å². The van der Waals surface area contributed by atoms with Crippen LogP contribution in [0.25, 0.3) is 0 Å². The van der Waals surface area contributed by atoms with E-state index in [9.17, 15) is 9.59 Å². The molecule has 0 fully saturated rings. The maximum Gasteiger partial charge on any atom is 0.326 e. The van der Waals surface area contributed by atoms with Gasteiger partial charge in [-0.25, -0.2) is 4.79 Å². The number of nitrogens with one attached hydrogen (secondary N) is 1. The van der Waals surface area contributed by atoms with Crippen molar-refractivity contribution >= 4 is 18.2 Å². The molecule has 24 heavy (non-hydrogen) atoms. The van der Waals surface area contributed by atoms with E-state index >= 15 is 0 Å². The summed E-state index contributed by atoms with van der Waals surface area (Å²) in [5.41, 5.74) is -0.178. The van der Waals surface area contributed by atoms with Crippen LogP contribution in [0.5, 0.6) is 0 Å². The second kappa shape index (κ2) is 10.4. The van der Waals surface area contributed by atoms with E-state index in [4.69, 9.17) is 17.0 Å². The van der Waals surface area contributed by atoms with Crippen molar-refractivity contribution in [3.05, 3.63) is 27.4 Å². The van der Waals surface area contributed by atoms with Crippen molar-refractivity contribution in [3.63, 3.8) is 0 Å². The van der Waals surface area contributed by atoms with Crippen molar-refractivity contribution in [1.82, 2.24) is 9.55 Å². The molecule has 0 saturated carbocycles. The van der Waals surface area contributed by atoms with Gasteiger partial charge in [-0.1, -0.05) is 39.9 Å². The number of aromatic nitrogens is 2. The lowest BCUT2D eigenvalue weighted by atomic mass is 9.88. The summed E-state index contributed by atoms with van der Waals surface area (Å²) in [5, 5.41) is 0. The zero-order valence-electron chi connectivity index (χ0n) is 15.2. The molecule has 0 aliphatic heterocycles. The average Bonchev–Trinajstić information content (AvgIpc) is 2.49. The van der Waals surface area contributed by atoms with Crippen LogP contribution in [0.2, 0.25) is 0 Å². The van der Waals surface area contributed by atoms with Crippen LogP contribution in [0.4, 0.5) is 0 Å². The first kappa shape index (κ1) is 20.6. The monoisotopic (exact) mass is 354 g/mol. The normalized spacial score (nSPS) is 12.6. The summed E-state index contributed by atoms with van der Waals surface area (Å²) in [5.74, 6) is 0.693. The summed E-state index contributed by atoms with van der Waals surface area (Å²) in [4.78, 5) is 26.4. The third-order valence-electron chi connectivity index (χ3n) is 4.02. The summed E-state index contributed by atoms with van der Waals surface area (Å²) < 4.78 is 7.49. The fourth-order valence-electron chi connectivity index (χ4n) is 2.61. The second-order valence-corrected chi connectivity index (χ2v) is 7.45. The molecule has 136 valence electrons. The van der Waals surface area contributed by atoms with E-state index in [0.717, 1.165) is 25.7 Å². The van der Waals surface area contributed by atoms with E-state index < -0.39 is 0 Å². The highest BCUT2D eigenvalue weighted by Gasteiger charge is 2.24. The second-order valence-electron chi connectivity index (χ2n) is 7.01. The smallest absolute Gasteiger partial charge is 0.326 e. The van der Waals surface area contributed by atoms with E-state index in [0.29, 0.717) is 29.6 Å².